The van der Waals surface area contributed by atoms with Crippen LogP contribution in [0.2, 0.25) is 0 Å². The number of aliphatic hydroxyl groups excluding tert-OH is 1. The summed E-state index contributed by atoms with van der Waals surface area (Å²) in [5.41, 5.74) is 6.94. The van der Waals surface area contributed by atoms with Gasteiger partial charge >= 0.3 is 5.97 Å². The number of phenolic OH excluding ortho intramolecular Hbond substituents is 1. The van der Waals surface area contributed by atoms with E-state index in [0.717, 1.165) is 4.90 Å². The average Bonchev–Trinajstić information content (AvgIpc) is 2.31. The maximum absolute atomic E-state index is 12.3. The fourth-order valence-electron chi connectivity index (χ4n) is 2.43. The van der Waals surface area contributed by atoms with E-state index in [9.17, 15) is 19.8 Å². The third-order valence-electron chi connectivity index (χ3n) is 3.42. The molecule has 1 aliphatic heterocycles. The number of aliphatic carboxylic acids is 1. The first kappa shape index (κ1) is 14.1. The van der Waals surface area contributed by atoms with Crippen LogP contribution in [0.1, 0.15) is 12.5 Å². The van der Waals surface area contributed by atoms with Gasteiger partial charge in [-0.05, 0) is 18.9 Å². The number of nitrogens with zero attached hydrogens (tertiary/aromatic N) is 1. The number of hydrogen-bond donors (Lipinski definition) is 4. The molecule has 5 N–H and O–H groups in total. The Morgan fingerprint density at radius 1 is 1.55 bits per heavy atom. The summed E-state index contributed by atoms with van der Waals surface area (Å²) in [5.74, 6) is -2.55. The van der Waals surface area contributed by atoms with E-state index in [1.54, 1.807) is 0 Å². The van der Waals surface area contributed by atoms with Crippen LogP contribution < -0.4 is 10.6 Å². The lowest BCUT2D eigenvalue weighted by atomic mass is 9.87. The second-order valence-electron chi connectivity index (χ2n) is 4.90. The van der Waals surface area contributed by atoms with Crippen molar-refractivity contribution in [2.45, 2.75) is 19.4 Å². The van der Waals surface area contributed by atoms with Crippen LogP contribution in [0.4, 0.5) is 11.4 Å². The topological polar surface area (TPSA) is 124 Å². The van der Waals surface area contributed by atoms with E-state index >= 15 is 0 Å². The standard InChI is InChI=1S/C13H16N2O5/c1-6(16)8-4-9-10(14)2-7(17)3-11(9)15(13(8)20)5-12(18)19/h2-3,6,8,16-17H,4-5,14H2,1H3,(H,18,19)/t6-,8+/m1/s1. The van der Waals surface area contributed by atoms with Gasteiger partial charge in [0.15, 0.2) is 0 Å². The van der Waals surface area contributed by atoms with E-state index in [2.05, 4.69) is 0 Å². The summed E-state index contributed by atoms with van der Waals surface area (Å²) >= 11 is 0. The number of rotatable bonds is 3. The van der Waals surface area contributed by atoms with E-state index in [-0.39, 0.29) is 23.5 Å². The lowest BCUT2D eigenvalue weighted by Crippen LogP contribution is -2.47. The molecule has 0 fully saturated rings. The molecule has 0 aliphatic carbocycles. The fraction of sp³-hybridized carbons (Fsp3) is 0.385. The number of nitrogens with two attached hydrogens (primary N) is 1. The lowest BCUT2D eigenvalue weighted by molar-refractivity contribution is -0.137. The maximum atomic E-state index is 12.3. The number of carboxylic acids is 1. The van der Waals surface area contributed by atoms with Gasteiger partial charge in [-0.25, -0.2) is 0 Å². The molecule has 7 heteroatoms. The molecule has 7 nitrogen and oxygen atoms in total. The zero-order chi connectivity index (χ0) is 15.0. The quantitative estimate of drug-likeness (QED) is 0.575. The van der Waals surface area contributed by atoms with Crippen LogP contribution in [-0.2, 0) is 16.0 Å². The molecule has 1 aliphatic rings. The van der Waals surface area contributed by atoms with Crippen LogP contribution >= 0.6 is 0 Å². The van der Waals surface area contributed by atoms with Gasteiger partial charge in [0.25, 0.3) is 0 Å². The van der Waals surface area contributed by atoms with E-state index < -0.39 is 30.4 Å². The van der Waals surface area contributed by atoms with Crippen molar-refractivity contribution in [1.29, 1.82) is 0 Å². The lowest BCUT2D eigenvalue weighted by Gasteiger charge is -2.35. The largest absolute Gasteiger partial charge is 0.508 e. The Kier molecular flexibility index (Phi) is 3.54. The zero-order valence-electron chi connectivity index (χ0n) is 10.9. The van der Waals surface area contributed by atoms with Gasteiger partial charge in [0.2, 0.25) is 5.91 Å². The number of carboxylic acid groups (broad SMARTS) is 1. The molecule has 0 radical (unpaired) electrons. The molecule has 20 heavy (non-hydrogen) atoms. The summed E-state index contributed by atoms with van der Waals surface area (Å²) in [6, 6.07) is 2.65. The highest BCUT2D eigenvalue weighted by atomic mass is 16.4. The van der Waals surface area contributed by atoms with Crippen molar-refractivity contribution in [3.05, 3.63) is 17.7 Å². The SMILES string of the molecule is C[C@@H](O)[C@@H]1Cc2c(N)cc(O)cc2N(CC(=O)O)C1=O. The van der Waals surface area contributed by atoms with Crippen molar-refractivity contribution < 1.29 is 24.9 Å². The smallest absolute Gasteiger partial charge is 0.323 e. The molecule has 1 aromatic carbocycles. The number of amides is 1. The van der Waals surface area contributed by atoms with Gasteiger partial charge in [0, 0.05) is 17.8 Å². The van der Waals surface area contributed by atoms with Crippen molar-refractivity contribution in [3.8, 4) is 5.75 Å². The van der Waals surface area contributed by atoms with Gasteiger partial charge in [0.05, 0.1) is 17.7 Å². The van der Waals surface area contributed by atoms with Crippen LogP contribution in [0.5, 0.6) is 5.75 Å². The van der Waals surface area contributed by atoms with Gasteiger partial charge < -0.3 is 26.0 Å². The van der Waals surface area contributed by atoms with Gasteiger partial charge in [-0.3, -0.25) is 9.59 Å². The Bertz CT molecular complexity index is 570. The number of anilines is 2. The molecule has 1 aromatic rings. The van der Waals surface area contributed by atoms with Gasteiger partial charge in [0.1, 0.15) is 12.3 Å². The zero-order valence-corrected chi connectivity index (χ0v) is 10.9. The second-order valence-corrected chi connectivity index (χ2v) is 4.90. The monoisotopic (exact) mass is 280 g/mol. The van der Waals surface area contributed by atoms with Gasteiger partial charge in [-0.15, -0.1) is 0 Å². The minimum Gasteiger partial charge on any atom is -0.508 e. The molecular formula is C13H16N2O5. The molecule has 0 unspecified atom stereocenters. The van der Waals surface area contributed by atoms with Crippen molar-refractivity contribution in [1.82, 2.24) is 0 Å². The van der Waals surface area contributed by atoms with Crippen molar-refractivity contribution in [2.24, 2.45) is 5.92 Å². The van der Waals surface area contributed by atoms with E-state index in [1.165, 1.54) is 19.1 Å². The molecule has 1 heterocycles. The molecule has 0 saturated heterocycles. The first-order valence-corrected chi connectivity index (χ1v) is 6.14. The molecule has 0 bridgehead atoms. The van der Waals surface area contributed by atoms with Crippen molar-refractivity contribution in [3.63, 3.8) is 0 Å². The minimum atomic E-state index is -1.18. The number of carbonyl (C=O) groups excluding carboxylic acids is 1. The second kappa shape index (κ2) is 5.01. The third-order valence-corrected chi connectivity index (χ3v) is 3.42. The summed E-state index contributed by atoms with van der Waals surface area (Å²) < 4.78 is 0. The van der Waals surface area contributed by atoms with E-state index in [0.29, 0.717) is 5.56 Å². The van der Waals surface area contributed by atoms with Crippen LogP contribution in [0.15, 0.2) is 12.1 Å². The first-order valence-electron chi connectivity index (χ1n) is 6.14. The summed E-state index contributed by atoms with van der Waals surface area (Å²) in [6.45, 7) is 0.932. The van der Waals surface area contributed by atoms with Gasteiger partial charge in [-0.2, -0.15) is 0 Å². The number of phenols is 1. The Morgan fingerprint density at radius 3 is 2.75 bits per heavy atom. The molecule has 0 saturated carbocycles. The predicted molar refractivity (Wildman–Crippen MR) is 71.4 cm³/mol. The molecule has 2 rings (SSSR count). The highest BCUT2D eigenvalue weighted by Crippen LogP contribution is 2.38. The van der Waals surface area contributed by atoms with E-state index in [4.69, 9.17) is 10.8 Å². The maximum Gasteiger partial charge on any atom is 0.323 e. The number of hydrogen-bond acceptors (Lipinski definition) is 5. The Morgan fingerprint density at radius 2 is 2.20 bits per heavy atom. The fourth-order valence-corrected chi connectivity index (χ4v) is 2.43. The Balaban J connectivity index is 2.55. The van der Waals surface area contributed by atoms with Crippen LogP contribution in [0.3, 0.4) is 0 Å². The number of aliphatic hydroxyl groups is 1. The average molecular weight is 280 g/mol. The Labute approximate surface area is 115 Å². The molecular weight excluding hydrogens is 264 g/mol. The first-order chi connectivity index (χ1) is 9.31. The Hall–Kier alpha value is -2.28. The van der Waals surface area contributed by atoms with Gasteiger partial charge in [-0.1, -0.05) is 0 Å². The summed E-state index contributed by atoms with van der Waals surface area (Å²) in [5, 5.41) is 28.2. The van der Waals surface area contributed by atoms with Crippen molar-refractivity contribution in [2.75, 3.05) is 17.2 Å². The summed E-state index contributed by atoms with van der Waals surface area (Å²) in [4.78, 5) is 24.2. The minimum absolute atomic E-state index is 0.139. The number of fused-ring (bicyclic) bond motifs is 1. The molecule has 108 valence electrons. The molecule has 0 aromatic heterocycles. The van der Waals surface area contributed by atoms with Crippen LogP contribution in [0.25, 0.3) is 0 Å². The number of carbonyl (C=O) groups is 2. The van der Waals surface area contributed by atoms with E-state index in [1.807, 2.05) is 0 Å². The highest BCUT2D eigenvalue weighted by molar-refractivity contribution is 6.02. The normalized spacial score (nSPS) is 19.6. The number of aromatic hydroxyl groups is 1. The predicted octanol–water partition coefficient (Wildman–Crippen LogP) is -0.0549. The summed E-state index contributed by atoms with van der Waals surface area (Å²) in [7, 11) is 0. The highest BCUT2D eigenvalue weighted by Gasteiger charge is 2.37. The number of nitrogen functional groups attached to an aromatic ring is 1. The van der Waals surface area contributed by atoms with Crippen LogP contribution in [0, 0.1) is 5.92 Å². The van der Waals surface area contributed by atoms with Crippen molar-refractivity contribution >= 4 is 23.3 Å². The third kappa shape index (κ3) is 2.39. The van der Waals surface area contributed by atoms with Crippen LogP contribution in [-0.4, -0.2) is 39.8 Å². The molecule has 1 amide bonds. The molecule has 0 spiro atoms. The molecule has 2 atom stereocenters. The summed E-state index contributed by atoms with van der Waals surface area (Å²) in [6.07, 6.45) is -0.700. The number of benzene rings is 1.